The highest BCUT2D eigenvalue weighted by molar-refractivity contribution is 5.93. The summed E-state index contributed by atoms with van der Waals surface area (Å²) in [7, 11) is 0. The highest BCUT2D eigenvalue weighted by Crippen LogP contribution is 2.35. The molecule has 20 heavy (non-hydrogen) atoms. The van der Waals surface area contributed by atoms with Crippen LogP contribution in [0.4, 0.5) is 18.9 Å². The van der Waals surface area contributed by atoms with Gasteiger partial charge in [0.05, 0.1) is 28.8 Å². The molecule has 0 aliphatic carbocycles. The Morgan fingerprint density at radius 1 is 1.50 bits per heavy atom. The van der Waals surface area contributed by atoms with Gasteiger partial charge in [-0.3, -0.25) is 4.79 Å². The Balaban J connectivity index is 3.13. The lowest BCUT2D eigenvalue weighted by Crippen LogP contribution is -2.29. The lowest BCUT2D eigenvalue weighted by atomic mass is 10.0. The van der Waals surface area contributed by atoms with Crippen LogP contribution in [0, 0.1) is 17.2 Å². The maximum Gasteiger partial charge on any atom is 0.418 e. The minimum Gasteiger partial charge on any atom is -0.330 e. The van der Waals surface area contributed by atoms with Gasteiger partial charge in [0.25, 0.3) is 0 Å². The summed E-state index contributed by atoms with van der Waals surface area (Å²) in [5.74, 6) is -1.11. The smallest absolute Gasteiger partial charge is 0.330 e. The molecule has 0 bridgehead atoms. The van der Waals surface area contributed by atoms with E-state index in [-0.39, 0.29) is 17.8 Å². The van der Waals surface area contributed by atoms with Gasteiger partial charge in [0.2, 0.25) is 5.91 Å². The topological polar surface area (TPSA) is 78.9 Å². The third-order valence-corrected chi connectivity index (χ3v) is 2.86. The van der Waals surface area contributed by atoms with Crippen molar-refractivity contribution in [2.45, 2.75) is 19.5 Å². The number of benzene rings is 1. The van der Waals surface area contributed by atoms with Crippen LogP contribution in [0.3, 0.4) is 0 Å². The van der Waals surface area contributed by atoms with Gasteiger partial charge >= 0.3 is 6.18 Å². The first-order valence-electron chi connectivity index (χ1n) is 5.95. The molecule has 0 saturated heterocycles. The number of nitrogens with two attached hydrogens (primary N) is 1. The normalized spacial score (nSPS) is 12.6. The lowest BCUT2D eigenvalue weighted by Gasteiger charge is -2.17. The summed E-state index contributed by atoms with van der Waals surface area (Å²) < 4.78 is 38.7. The second-order valence-electron chi connectivity index (χ2n) is 4.20. The number of hydrogen-bond donors (Lipinski definition) is 2. The summed E-state index contributed by atoms with van der Waals surface area (Å²) in [5, 5.41) is 10.9. The number of anilines is 1. The van der Waals surface area contributed by atoms with Gasteiger partial charge in [-0.25, -0.2) is 0 Å². The Labute approximate surface area is 114 Å². The molecule has 108 valence electrons. The number of carbonyl (C=O) groups is 1. The third kappa shape index (κ3) is 3.71. The number of amides is 1. The molecule has 0 fully saturated rings. The fourth-order valence-corrected chi connectivity index (χ4v) is 1.65. The van der Waals surface area contributed by atoms with Crippen molar-refractivity contribution in [2.24, 2.45) is 11.7 Å². The van der Waals surface area contributed by atoms with E-state index in [1.54, 1.807) is 13.0 Å². The minimum absolute atomic E-state index is 0.0555. The number of rotatable bonds is 4. The van der Waals surface area contributed by atoms with Crippen LogP contribution in [0.15, 0.2) is 18.2 Å². The quantitative estimate of drug-likeness (QED) is 0.892. The molecule has 1 unspecified atom stereocenters. The standard InChI is InChI=1S/C13H14F3N3O/c1-2-9(7-18)12(20)19-11-4-3-8(6-17)5-10(11)13(14,15)16/h3-5,9H,2,7,18H2,1H3,(H,19,20). The summed E-state index contributed by atoms with van der Waals surface area (Å²) in [6.07, 6.45) is -4.22. The summed E-state index contributed by atoms with van der Waals surface area (Å²) in [6, 6.07) is 4.63. The maximum atomic E-state index is 12.9. The van der Waals surface area contributed by atoms with Crippen LogP contribution in [0.1, 0.15) is 24.5 Å². The Hall–Kier alpha value is -2.07. The predicted octanol–water partition coefficient (Wildman–Crippen LogP) is 2.50. The molecular formula is C13H14F3N3O. The highest BCUT2D eigenvalue weighted by atomic mass is 19.4. The molecule has 0 aliphatic rings. The van der Waals surface area contributed by atoms with Crippen LogP contribution in [0.25, 0.3) is 0 Å². The van der Waals surface area contributed by atoms with Gasteiger partial charge in [0.15, 0.2) is 0 Å². The molecule has 3 N–H and O–H groups in total. The molecule has 1 atom stereocenters. The van der Waals surface area contributed by atoms with Gasteiger partial charge in [-0.15, -0.1) is 0 Å². The Morgan fingerprint density at radius 2 is 2.15 bits per heavy atom. The highest BCUT2D eigenvalue weighted by Gasteiger charge is 2.34. The molecule has 1 aromatic rings. The van der Waals surface area contributed by atoms with Crippen LogP contribution in [-0.4, -0.2) is 12.5 Å². The first kappa shape index (κ1) is 16.0. The molecule has 0 spiro atoms. The maximum absolute atomic E-state index is 12.9. The van der Waals surface area contributed by atoms with Crippen molar-refractivity contribution < 1.29 is 18.0 Å². The van der Waals surface area contributed by atoms with Crippen LogP contribution in [-0.2, 0) is 11.0 Å². The van der Waals surface area contributed by atoms with Crippen molar-refractivity contribution in [3.63, 3.8) is 0 Å². The van der Waals surface area contributed by atoms with E-state index >= 15 is 0 Å². The molecule has 0 heterocycles. The van der Waals surface area contributed by atoms with Crippen molar-refractivity contribution in [2.75, 3.05) is 11.9 Å². The van der Waals surface area contributed by atoms with Crippen molar-refractivity contribution in [1.29, 1.82) is 5.26 Å². The molecule has 0 saturated carbocycles. The minimum atomic E-state index is -4.65. The number of carbonyl (C=O) groups excluding carboxylic acids is 1. The molecule has 1 amide bonds. The van der Waals surface area contributed by atoms with Gasteiger partial charge in [-0.05, 0) is 24.6 Å². The third-order valence-electron chi connectivity index (χ3n) is 2.86. The number of nitrogens with zero attached hydrogens (tertiary/aromatic N) is 1. The van der Waals surface area contributed by atoms with Gasteiger partial charge in [0.1, 0.15) is 0 Å². The Bertz CT molecular complexity index is 531. The van der Waals surface area contributed by atoms with E-state index in [2.05, 4.69) is 5.32 Å². The van der Waals surface area contributed by atoms with Crippen molar-refractivity contribution in [3.05, 3.63) is 29.3 Å². The number of halogens is 3. The summed E-state index contributed by atoms with van der Waals surface area (Å²) in [4.78, 5) is 11.8. The first-order chi connectivity index (χ1) is 9.33. The van der Waals surface area contributed by atoms with Crippen molar-refractivity contribution in [1.82, 2.24) is 0 Å². The zero-order valence-electron chi connectivity index (χ0n) is 10.8. The SMILES string of the molecule is CCC(CN)C(=O)Nc1ccc(C#N)cc1C(F)(F)F. The molecule has 0 aromatic heterocycles. The summed E-state index contributed by atoms with van der Waals surface area (Å²) in [6.45, 7) is 1.78. The second kappa shape index (κ2) is 6.39. The monoisotopic (exact) mass is 285 g/mol. The fourth-order valence-electron chi connectivity index (χ4n) is 1.65. The van der Waals surface area contributed by atoms with Gasteiger partial charge < -0.3 is 11.1 Å². The molecule has 4 nitrogen and oxygen atoms in total. The van der Waals surface area contributed by atoms with E-state index in [0.717, 1.165) is 6.07 Å². The zero-order valence-corrected chi connectivity index (χ0v) is 10.8. The van der Waals surface area contributed by atoms with Crippen LogP contribution in [0.5, 0.6) is 0 Å². The molecule has 1 aromatic carbocycles. The van der Waals surface area contributed by atoms with E-state index in [1.165, 1.54) is 6.07 Å². The van der Waals surface area contributed by atoms with E-state index in [9.17, 15) is 18.0 Å². The molecule has 7 heteroatoms. The lowest BCUT2D eigenvalue weighted by molar-refractivity contribution is -0.137. The Kier molecular flexibility index (Phi) is 5.11. The van der Waals surface area contributed by atoms with Crippen LogP contribution < -0.4 is 11.1 Å². The summed E-state index contributed by atoms with van der Waals surface area (Å²) in [5.41, 5.74) is 3.85. The second-order valence-corrected chi connectivity index (χ2v) is 4.20. The van der Waals surface area contributed by atoms with Gasteiger partial charge in [-0.1, -0.05) is 6.92 Å². The average Bonchev–Trinajstić information content (AvgIpc) is 2.39. The summed E-state index contributed by atoms with van der Waals surface area (Å²) >= 11 is 0. The van der Waals surface area contributed by atoms with Crippen molar-refractivity contribution >= 4 is 11.6 Å². The van der Waals surface area contributed by atoms with E-state index in [0.29, 0.717) is 12.5 Å². The van der Waals surface area contributed by atoms with Gasteiger partial charge in [0, 0.05) is 6.54 Å². The van der Waals surface area contributed by atoms with Crippen LogP contribution in [0.2, 0.25) is 0 Å². The molecule has 1 rings (SSSR count). The van der Waals surface area contributed by atoms with E-state index in [1.807, 2.05) is 0 Å². The zero-order chi connectivity index (χ0) is 15.3. The average molecular weight is 285 g/mol. The number of nitriles is 1. The largest absolute Gasteiger partial charge is 0.418 e. The van der Waals surface area contributed by atoms with Crippen molar-refractivity contribution in [3.8, 4) is 6.07 Å². The van der Waals surface area contributed by atoms with E-state index < -0.39 is 23.6 Å². The van der Waals surface area contributed by atoms with Crippen LogP contribution >= 0.6 is 0 Å². The number of hydrogen-bond acceptors (Lipinski definition) is 3. The molecule has 0 aliphatic heterocycles. The van der Waals surface area contributed by atoms with E-state index in [4.69, 9.17) is 11.0 Å². The molecular weight excluding hydrogens is 271 g/mol. The number of nitrogens with one attached hydrogen (secondary N) is 1. The number of alkyl halides is 3. The Morgan fingerprint density at radius 3 is 2.60 bits per heavy atom. The predicted molar refractivity (Wildman–Crippen MR) is 67.6 cm³/mol. The van der Waals surface area contributed by atoms with Gasteiger partial charge in [-0.2, -0.15) is 18.4 Å². The molecule has 0 radical (unpaired) electrons. The fraction of sp³-hybridized carbons (Fsp3) is 0.385. The first-order valence-corrected chi connectivity index (χ1v) is 5.95.